The topological polar surface area (TPSA) is 66.9 Å². The maximum Gasteiger partial charge on any atom is 0.274 e. The maximum atomic E-state index is 13.0. The van der Waals surface area contributed by atoms with E-state index in [0.29, 0.717) is 23.4 Å². The zero-order valence-corrected chi connectivity index (χ0v) is 13.8. The summed E-state index contributed by atoms with van der Waals surface area (Å²) in [4.78, 5) is 24.6. The summed E-state index contributed by atoms with van der Waals surface area (Å²) in [5, 5.41) is 5.77. The van der Waals surface area contributed by atoms with Crippen LogP contribution in [0.25, 0.3) is 5.69 Å². The molecule has 0 saturated carbocycles. The summed E-state index contributed by atoms with van der Waals surface area (Å²) in [6, 6.07) is 14.8. The van der Waals surface area contributed by atoms with E-state index in [-0.39, 0.29) is 23.7 Å². The third-order valence-electron chi connectivity index (χ3n) is 3.94. The minimum Gasteiger partial charge on any atom is -0.326 e. The molecule has 3 rings (SSSR count). The van der Waals surface area contributed by atoms with Gasteiger partial charge in [0.1, 0.15) is 5.82 Å². The van der Waals surface area contributed by atoms with Crippen molar-refractivity contribution in [3.8, 4) is 5.69 Å². The number of hydrogen-bond acceptors (Lipinski definition) is 2. The summed E-state index contributed by atoms with van der Waals surface area (Å²) in [5.74, 6) is -0.516. The van der Waals surface area contributed by atoms with E-state index in [1.54, 1.807) is 19.1 Å². The number of aromatic nitrogens is 2. The van der Waals surface area contributed by atoms with Crippen LogP contribution in [0.4, 0.5) is 10.1 Å². The van der Waals surface area contributed by atoms with E-state index in [1.807, 2.05) is 18.2 Å². The number of aryl methyl sites for hydroxylation is 1. The van der Waals surface area contributed by atoms with Crippen molar-refractivity contribution in [1.82, 2.24) is 9.78 Å². The van der Waals surface area contributed by atoms with Crippen molar-refractivity contribution in [1.29, 1.82) is 0 Å². The molecule has 1 aromatic heterocycles. The molecule has 3 aromatic rings. The lowest BCUT2D eigenvalue weighted by atomic mass is 10.1. The standard InChI is InChI=1S/C19H18FN3O2/c1-13-17(11-12-18(24)21-15-5-3-2-4-6-15)19(25)23(22-13)16-9-7-14(20)8-10-16/h2-10,22H,11-12H2,1H3,(H,21,24). The SMILES string of the molecule is Cc1[nH]n(-c2ccc(F)cc2)c(=O)c1CCC(=O)Nc1ccccc1. The molecule has 0 atom stereocenters. The zero-order valence-electron chi connectivity index (χ0n) is 13.8. The predicted octanol–water partition coefficient (Wildman–Crippen LogP) is 3.18. The number of anilines is 1. The fourth-order valence-electron chi connectivity index (χ4n) is 2.63. The molecule has 0 aliphatic carbocycles. The predicted molar refractivity (Wildman–Crippen MR) is 94.5 cm³/mol. The Morgan fingerprint density at radius 3 is 2.48 bits per heavy atom. The summed E-state index contributed by atoms with van der Waals surface area (Å²) in [5.41, 5.74) is 2.29. The molecule has 1 heterocycles. The van der Waals surface area contributed by atoms with Crippen molar-refractivity contribution < 1.29 is 9.18 Å². The van der Waals surface area contributed by atoms with Crippen LogP contribution in [0.5, 0.6) is 0 Å². The van der Waals surface area contributed by atoms with Crippen molar-refractivity contribution in [2.45, 2.75) is 19.8 Å². The third kappa shape index (κ3) is 3.85. The number of para-hydroxylation sites is 1. The van der Waals surface area contributed by atoms with E-state index in [4.69, 9.17) is 0 Å². The van der Waals surface area contributed by atoms with E-state index in [0.717, 1.165) is 5.69 Å². The fraction of sp³-hybridized carbons (Fsp3) is 0.158. The lowest BCUT2D eigenvalue weighted by Crippen LogP contribution is -2.19. The third-order valence-corrected chi connectivity index (χ3v) is 3.94. The van der Waals surface area contributed by atoms with Crippen molar-refractivity contribution in [3.05, 3.63) is 82.0 Å². The van der Waals surface area contributed by atoms with Gasteiger partial charge in [-0.2, -0.15) is 0 Å². The average Bonchev–Trinajstić information content (AvgIpc) is 2.89. The first kappa shape index (κ1) is 16.7. The van der Waals surface area contributed by atoms with Crippen molar-refractivity contribution in [2.24, 2.45) is 0 Å². The van der Waals surface area contributed by atoms with Gasteiger partial charge in [-0.15, -0.1) is 0 Å². The normalized spacial score (nSPS) is 10.6. The minimum absolute atomic E-state index is 0.153. The number of amides is 1. The molecule has 128 valence electrons. The van der Waals surface area contributed by atoms with Crippen LogP contribution >= 0.6 is 0 Å². The van der Waals surface area contributed by atoms with Gasteiger partial charge in [0.25, 0.3) is 5.56 Å². The number of H-pyrrole nitrogens is 1. The quantitative estimate of drug-likeness (QED) is 0.750. The molecule has 0 aliphatic rings. The van der Waals surface area contributed by atoms with Gasteiger partial charge in [0, 0.05) is 23.4 Å². The minimum atomic E-state index is -0.363. The smallest absolute Gasteiger partial charge is 0.274 e. The Hall–Kier alpha value is -3.15. The Balaban J connectivity index is 1.72. The van der Waals surface area contributed by atoms with Crippen LogP contribution in [0, 0.1) is 12.7 Å². The van der Waals surface area contributed by atoms with Gasteiger partial charge in [0.15, 0.2) is 0 Å². The first-order chi connectivity index (χ1) is 12.0. The molecule has 1 amide bonds. The second kappa shape index (κ2) is 7.17. The first-order valence-corrected chi connectivity index (χ1v) is 7.96. The molecule has 2 N–H and O–H groups in total. The summed E-state index contributed by atoms with van der Waals surface area (Å²) >= 11 is 0. The zero-order chi connectivity index (χ0) is 17.8. The molecule has 2 aromatic carbocycles. The van der Waals surface area contributed by atoms with E-state index in [9.17, 15) is 14.0 Å². The van der Waals surface area contributed by atoms with Crippen molar-refractivity contribution in [3.63, 3.8) is 0 Å². The van der Waals surface area contributed by atoms with Crippen molar-refractivity contribution in [2.75, 3.05) is 5.32 Å². The summed E-state index contributed by atoms with van der Waals surface area (Å²) in [6.07, 6.45) is 0.528. The summed E-state index contributed by atoms with van der Waals surface area (Å²) in [7, 11) is 0. The van der Waals surface area contributed by atoms with Crippen LogP contribution in [0.2, 0.25) is 0 Å². The molecule has 0 radical (unpaired) electrons. The second-order valence-corrected chi connectivity index (χ2v) is 5.75. The Morgan fingerprint density at radius 1 is 1.12 bits per heavy atom. The fourth-order valence-corrected chi connectivity index (χ4v) is 2.63. The Bertz CT molecular complexity index is 928. The molecule has 0 unspecified atom stereocenters. The number of halogens is 1. The molecule has 0 aliphatic heterocycles. The lowest BCUT2D eigenvalue weighted by Gasteiger charge is -2.04. The van der Waals surface area contributed by atoms with E-state index < -0.39 is 0 Å². The molecule has 0 fully saturated rings. The van der Waals surface area contributed by atoms with Gasteiger partial charge in [0.2, 0.25) is 5.91 Å². The second-order valence-electron chi connectivity index (χ2n) is 5.75. The Morgan fingerprint density at radius 2 is 1.80 bits per heavy atom. The highest BCUT2D eigenvalue weighted by Gasteiger charge is 2.14. The average molecular weight is 339 g/mol. The van der Waals surface area contributed by atoms with Crippen LogP contribution in [0.3, 0.4) is 0 Å². The summed E-state index contributed by atoms with van der Waals surface area (Å²) < 4.78 is 14.4. The van der Waals surface area contributed by atoms with Crippen LogP contribution in [-0.2, 0) is 11.2 Å². The molecule has 6 heteroatoms. The van der Waals surface area contributed by atoms with E-state index in [1.165, 1.54) is 28.9 Å². The highest BCUT2D eigenvalue weighted by molar-refractivity contribution is 5.90. The molecule has 0 bridgehead atoms. The van der Waals surface area contributed by atoms with Gasteiger partial charge < -0.3 is 5.32 Å². The van der Waals surface area contributed by atoms with Crippen LogP contribution in [0.1, 0.15) is 17.7 Å². The monoisotopic (exact) mass is 339 g/mol. The molecule has 5 nitrogen and oxygen atoms in total. The van der Waals surface area contributed by atoms with Crippen LogP contribution < -0.4 is 10.9 Å². The number of nitrogens with zero attached hydrogens (tertiary/aromatic N) is 1. The first-order valence-electron chi connectivity index (χ1n) is 7.96. The van der Waals surface area contributed by atoms with Gasteiger partial charge >= 0.3 is 0 Å². The summed E-state index contributed by atoms with van der Waals surface area (Å²) in [6.45, 7) is 1.78. The maximum absolute atomic E-state index is 13.0. The number of aromatic amines is 1. The Labute approximate surface area is 144 Å². The van der Waals surface area contributed by atoms with Gasteiger partial charge in [-0.3, -0.25) is 14.7 Å². The number of carbonyl (C=O) groups excluding carboxylic acids is 1. The van der Waals surface area contributed by atoms with Gasteiger partial charge in [0.05, 0.1) is 5.69 Å². The Kier molecular flexibility index (Phi) is 4.79. The van der Waals surface area contributed by atoms with Crippen molar-refractivity contribution >= 4 is 11.6 Å². The highest BCUT2D eigenvalue weighted by atomic mass is 19.1. The van der Waals surface area contributed by atoms with Gasteiger partial charge in [-0.25, -0.2) is 9.07 Å². The number of rotatable bonds is 5. The number of benzene rings is 2. The number of hydrogen-bond donors (Lipinski definition) is 2. The molecule has 25 heavy (non-hydrogen) atoms. The highest BCUT2D eigenvalue weighted by Crippen LogP contribution is 2.11. The lowest BCUT2D eigenvalue weighted by molar-refractivity contribution is -0.116. The number of nitrogens with one attached hydrogen (secondary N) is 2. The number of carbonyl (C=O) groups is 1. The van der Waals surface area contributed by atoms with Crippen LogP contribution in [-0.4, -0.2) is 15.7 Å². The van der Waals surface area contributed by atoms with Crippen LogP contribution in [0.15, 0.2) is 59.4 Å². The molecular weight excluding hydrogens is 321 g/mol. The molecule has 0 saturated heterocycles. The van der Waals surface area contributed by atoms with E-state index >= 15 is 0 Å². The van der Waals surface area contributed by atoms with Gasteiger partial charge in [-0.1, -0.05) is 18.2 Å². The van der Waals surface area contributed by atoms with Gasteiger partial charge in [-0.05, 0) is 49.7 Å². The largest absolute Gasteiger partial charge is 0.326 e. The molecule has 0 spiro atoms. The molecular formula is C19H18FN3O2. The van der Waals surface area contributed by atoms with E-state index in [2.05, 4.69) is 10.4 Å².